The Hall–Kier alpha value is -3.97. The highest BCUT2D eigenvalue weighted by atomic mass is 16.5. The van der Waals surface area contributed by atoms with Crippen LogP contribution in [0.1, 0.15) is 41.4 Å². The number of pyridine rings is 1. The summed E-state index contributed by atoms with van der Waals surface area (Å²) in [5.41, 5.74) is 6.26. The van der Waals surface area contributed by atoms with E-state index in [-0.39, 0.29) is 11.4 Å². The highest BCUT2D eigenvalue weighted by Gasteiger charge is 2.45. The van der Waals surface area contributed by atoms with Gasteiger partial charge in [0.25, 0.3) is 5.91 Å². The van der Waals surface area contributed by atoms with E-state index in [1.807, 2.05) is 41.1 Å². The van der Waals surface area contributed by atoms with Gasteiger partial charge in [-0.1, -0.05) is 50.2 Å². The Morgan fingerprint density at radius 1 is 0.972 bits per heavy atom. The van der Waals surface area contributed by atoms with Gasteiger partial charge in [0.15, 0.2) is 0 Å². The number of benzene rings is 2. The maximum atomic E-state index is 13.3. The summed E-state index contributed by atoms with van der Waals surface area (Å²) in [6.07, 6.45) is 3.50. The molecule has 0 radical (unpaired) electrons. The first-order valence-electron chi connectivity index (χ1n) is 12.4. The SMILES string of the molecule is CC(C)c1ccc(COc2ccc(-c3c(-c4ccncc4)nn4c3C(=O)NC3(CNC3)C4)cc2)cc1. The van der Waals surface area contributed by atoms with Gasteiger partial charge in [-0.2, -0.15) is 5.10 Å². The van der Waals surface area contributed by atoms with Crippen LogP contribution in [0.3, 0.4) is 0 Å². The van der Waals surface area contributed by atoms with Gasteiger partial charge in [-0.05, 0) is 46.9 Å². The van der Waals surface area contributed by atoms with Gasteiger partial charge in [-0.3, -0.25) is 14.5 Å². The Balaban J connectivity index is 1.30. The average molecular weight is 480 g/mol. The van der Waals surface area contributed by atoms with E-state index in [0.29, 0.717) is 24.8 Å². The lowest BCUT2D eigenvalue weighted by atomic mass is 9.89. The van der Waals surface area contributed by atoms with Crippen molar-refractivity contribution in [1.29, 1.82) is 0 Å². The van der Waals surface area contributed by atoms with Crippen molar-refractivity contribution in [3.05, 3.63) is 89.9 Å². The predicted octanol–water partition coefficient (Wildman–Crippen LogP) is 4.40. The van der Waals surface area contributed by atoms with Crippen LogP contribution in [0, 0.1) is 0 Å². The van der Waals surface area contributed by atoms with Gasteiger partial charge in [-0.15, -0.1) is 0 Å². The topological polar surface area (TPSA) is 81.1 Å². The minimum atomic E-state index is -0.256. The number of hydrogen-bond donors (Lipinski definition) is 2. The summed E-state index contributed by atoms with van der Waals surface area (Å²) in [6.45, 7) is 7.04. The zero-order chi connectivity index (χ0) is 24.7. The van der Waals surface area contributed by atoms with Crippen LogP contribution < -0.4 is 15.4 Å². The zero-order valence-corrected chi connectivity index (χ0v) is 20.5. The predicted molar refractivity (Wildman–Crippen MR) is 139 cm³/mol. The van der Waals surface area contributed by atoms with Crippen LogP contribution in [-0.4, -0.2) is 39.3 Å². The van der Waals surface area contributed by atoms with Crippen molar-refractivity contribution in [2.75, 3.05) is 13.1 Å². The second-order valence-corrected chi connectivity index (χ2v) is 10.0. The van der Waals surface area contributed by atoms with Crippen LogP contribution in [0.4, 0.5) is 0 Å². The number of ether oxygens (including phenoxy) is 1. The Morgan fingerprint density at radius 3 is 2.33 bits per heavy atom. The molecule has 1 amide bonds. The fraction of sp³-hybridized carbons (Fsp3) is 0.276. The average Bonchev–Trinajstić information content (AvgIpc) is 3.27. The van der Waals surface area contributed by atoms with E-state index in [2.05, 4.69) is 53.7 Å². The molecule has 2 N–H and O–H groups in total. The van der Waals surface area contributed by atoms with Gasteiger partial charge in [0.2, 0.25) is 0 Å². The number of fused-ring (bicyclic) bond motifs is 1. The summed E-state index contributed by atoms with van der Waals surface area (Å²) >= 11 is 0. The quantitative estimate of drug-likeness (QED) is 0.429. The highest BCUT2D eigenvalue weighted by Crippen LogP contribution is 2.38. The molecule has 2 aromatic heterocycles. The van der Waals surface area contributed by atoms with Crippen molar-refractivity contribution >= 4 is 5.91 Å². The van der Waals surface area contributed by atoms with Crippen LogP contribution in [-0.2, 0) is 13.2 Å². The summed E-state index contributed by atoms with van der Waals surface area (Å²) in [7, 11) is 0. The molecule has 2 aromatic carbocycles. The van der Waals surface area contributed by atoms with E-state index in [4.69, 9.17) is 9.84 Å². The van der Waals surface area contributed by atoms with Crippen molar-refractivity contribution in [3.8, 4) is 28.1 Å². The van der Waals surface area contributed by atoms with Crippen molar-refractivity contribution in [2.24, 2.45) is 0 Å². The number of nitrogens with zero attached hydrogens (tertiary/aromatic N) is 3. The first kappa shape index (κ1) is 22.5. The fourth-order valence-electron chi connectivity index (χ4n) is 4.93. The minimum Gasteiger partial charge on any atom is -0.489 e. The lowest BCUT2D eigenvalue weighted by Gasteiger charge is -2.45. The van der Waals surface area contributed by atoms with Crippen LogP contribution in [0.2, 0.25) is 0 Å². The Labute approximate surface area is 210 Å². The van der Waals surface area contributed by atoms with Crippen molar-refractivity contribution in [2.45, 2.75) is 38.5 Å². The number of aromatic nitrogens is 3. The maximum Gasteiger partial charge on any atom is 0.270 e. The Kier molecular flexibility index (Phi) is 5.57. The first-order valence-corrected chi connectivity index (χ1v) is 12.4. The molecule has 1 spiro atoms. The molecular weight excluding hydrogens is 450 g/mol. The molecule has 36 heavy (non-hydrogen) atoms. The molecule has 0 aliphatic carbocycles. The van der Waals surface area contributed by atoms with E-state index in [1.54, 1.807) is 12.4 Å². The number of rotatable bonds is 6. The normalized spacial score (nSPS) is 15.9. The minimum absolute atomic E-state index is 0.0873. The van der Waals surface area contributed by atoms with Crippen molar-refractivity contribution in [3.63, 3.8) is 0 Å². The van der Waals surface area contributed by atoms with Gasteiger partial charge in [0.05, 0.1) is 12.1 Å². The number of carbonyl (C=O) groups excluding carboxylic acids is 1. The first-order chi connectivity index (χ1) is 17.5. The van der Waals surface area contributed by atoms with Gasteiger partial charge >= 0.3 is 0 Å². The lowest BCUT2D eigenvalue weighted by Crippen LogP contribution is -2.72. The van der Waals surface area contributed by atoms with Crippen molar-refractivity contribution in [1.82, 2.24) is 25.4 Å². The Morgan fingerprint density at radius 2 is 1.69 bits per heavy atom. The molecule has 2 aliphatic heterocycles. The Bertz CT molecular complexity index is 1390. The standard InChI is InChI=1S/C29H29N5O2/c1-19(2)21-5-3-20(4-6-21)15-36-24-9-7-22(8-10-24)25-26(23-11-13-30-14-12-23)33-34-18-29(16-31-17-29)32-28(35)27(25)34/h3-14,19,31H,15-18H2,1-2H3,(H,32,35). The summed E-state index contributed by atoms with van der Waals surface area (Å²) in [6, 6.07) is 20.3. The second kappa shape index (κ2) is 8.91. The van der Waals surface area contributed by atoms with Crippen LogP contribution >= 0.6 is 0 Å². The van der Waals surface area contributed by atoms with Crippen LogP contribution in [0.15, 0.2) is 73.1 Å². The maximum absolute atomic E-state index is 13.3. The van der Waals surface area contributed by atoms with E-state index < -0.39 is 0 Å². The molecule has 7 nitrogen and oxygen atoms in total. The molecule has 4 heterocycles. The van der Waals surface area contributed by atoms with Gasteiger partial charge < -0.3 is 15.4 Å². The largest absolute Gasteiger partial charge is 0.489 e. The molecule has 0 bridgehead atoms. The summed E-state index contributed by atoms with van der Waals surface area (Å²) in [5, 5.41) is 11.4. The molecule has 0 saturated carbocycles. The fourth-order valence-corrected chi connectivity index (χ4v) is 4.93. The molecule has 1 saturated heterocycles. The van der Waals surface area contributed by atoms with E-state index in [0.717, 1.165) is 46.8 Å². The summed E-state index contributed by atoms with van der Waals surface area (Å²) in [5.74, 6) is 1.20. The smallest absolute Gasteiger partial charge is 0.270 e. The molecule has 7 heteroatoms. The zero-order valence-electron chi connectivity index (χ0n) is 20.5. The third-order valence-electron chi connectivity index (χ3n) is 7.07. The molecule has 1 fully saturated rings. The number of carbonyl (C=O) groups is 1. The van der Waals surface area contributed by atoms with E-state index in [1.165, 1.54) is 5.56 Å². The number of nitrogens with one attached hydrogen (secondary N) is 2. The molecular formula is C29H29N5O2. The summed E-state index contributed by atoms with van der Waals surface area (Å²) in [4.78, 5) is 17.4. The number of hydrogen-bond acceptors (Lipinski definition) is 5. The van der Waals surface area contributed by atoms with Gasteiger partial charge in [-0.25, -0.2) is 0 Å². The molecule has 6 rings (SSSR count). The molecule has 2 aliphatic rings. The summed E-state index contributed by atoms with van der Waals surface area (Å²) < 4.78 is 7.92. The van der Waals surface area contributed by atoms with Crippen LogP contribution in [0.5, 0.6) is 5.75 Å². The molecule has 0 unspecified atom stereocenters. The van der Waals surface area contributed by atoms with Gasteiger partial charge in [0.1, 0.15) is 23.7 Å². The van der Waals surface area contributed by atoms with Gasteiger partial charge in [0, 0.05) is 36.6 Å². The van der Waals surface area contributed by atoms with E-state index in [9.17, 15) is 4.79 Å². The monoisotopic (exact) mass is 479 g/mol. The molecule has 4 aromatic rings. The van der Waals surface area contributed by atoms with Crippen molar-refractivity contribution < 1.29 is 9.53 Å². The second-order valence-electron chi connectivity index (χ2n) is 10.0. The lowest BCUT2D eigenvalue weighted by molar-refractivity contribution is 0.0753. The molecule has 0 atom stereocenters. The van der Waals surface area contributed by atoms with Crippen LogP contribution in [0.25, 0.3) is 22.4 Å². The van der Waals surface area contributed by atoms with E-state index >= 15 is 0 Å². The third kappa shape index (κ3) is 4.05. The number of amides is 1. The third-order valence-corrected chi connectivity index (χ3v) is 7.07. The highest BCUT2D eigenvalue weighted by molar-refractivity contribution is 6.04. The molecule has 182 valence electrons.